The highest BCUT2D eigenvalue weighted by atomic mass is 35.5. The van der Waals surface area contributed by atoms with Crippen molar-refractivity contribution in [2.45, 2.75) is 12.5 Å². The van der Waals surface area contributed by atoms with Crippen LogP contribution in [0, 0.1) is 0 Å². The van der Waals surface area contributed by atoms with Gasteiger partial charge in [-0.15, -0.1) is 0 Å². The van der Waals surface area contributed by atoms with E-state index in [0.29, 0.717) is 28.6 Å². The molecule has 0 radical (unpaired) electrons. The molecule has 0 aliphatic rings. The second-order valence-electron chi connectivity index (χ2n) is 7.01. The molecule has 3 aromatic carbocycles. The van der Waals surface area contributed by atoms with Gasteiger partial charge in [-0.1, -0.05) is 77.8 Å². The first-order chi connectivity index (χ1) is 14.9. The fourth-order valence-corrected chi connectivity index (χ4v) is 3.49. The normalized spacial score (nSPS) is 11.9. The molecule has 2 amide bonds. The van der Waals surface area contributed by atoms with Gasteiger partial charge >= 0.3 is 0 Å². The van der Waals surface area contributed by atoms with Crippen molar-refractivity contribution in [3.05, 3.63) is 112 Å². The van der Waals surface area contributed by atoms with Crippen molar-refractivity contribution in [1.82, 2.24) is 4.90 Å². The molecule has 0 saturated heterocycles. The quantitative estimate of drug-likeness (QED) is 0.470. The Bertz CT molecular complexity index is 1050. The van der Waals surface area contributed by atoms with E-state index in [0.717, 1.165) is 11.1 Å². The maximum absolute atomic E-state index is 13.2. The number of carbonyl (C=O) groups excluding carboxylic acids is 2. The molecule has 2 N–H and O–H groups in total. The van der Waals surface area contributed by atoms with Crippen LogP contribution in [0.5, 0.6) is 0 Å². The number of halogens is 2. The minimum absolute atomic E-state index is 0.301. The Morgan fingerprint density at radius 2 is 1.45 bits per heavy atom. The van der Waals surface area contributed by atoms with Crippen LogP contribution in [-0.2, 0) is 16.0 Å². The molecule has 1 atom stereocenters. The number of benzene rings is 3. The van der Waals surface area contributed by atoms with Crippen molar-refractivity contribution in [1.29, 1.82) is 0 Å². The standard InChI is InChI=1S/C25H22Cl2N2O2/c26-21-11-6-19(7-12-21)16-17-29(23(30)15-8-18-4-2-1-3-5-18)24(25(28)31)20-9-13-22(27)14-10-20/h1-15,24H,16-17H2,(H2,28,31)/b15-8+/t24-/m0/s1. The molecule has 0 bridgehead atoms. The topological polar surface area (TPSA) is 63.4 Å². The van der Waals surface area contributed by atoms with Crippen LogP contribution in [0.4, 0.5) is 0 Å². The first kappa shape index (κ1) is 22.6. The van der Waals surface area contributed by atoms with E-state index in [2.05, 4.69) is 0 Å². The molecule has 158 valence electrons. The summed E-state index contributed by atoms with van der Waals surface area (Å²) in [5.74, 6) is -0.920. The molecule has 4 nitrogen and oxygen atoms in total. The number of amides is 2. The summed E-state index contributed by atoms with van der Waals surface area (Å²) in [4.78, 5) is 27.1. The number of hydrogen-bond donors (Lipinski definition) is 1. The Morgan fingerprint density at radius 1 is 0.871 bits per heavy atom. The fourth-order valence-electron chi connectivity index (χ4n) is 3.24. The monoisotopic (exact) mass is 452 g/mol. The van der Waals surface area contributed by atoms with Gasteiger partial charge in [-0.25, -0.2) is 0 Å². The van der Waals surface area contributed by atoms with Crippen molar-refractivity contribution in [3.63, 3.8) is 0 Å². The molecule has 3 rings (SSSR count). The van der Waals surface area contributed by atoms with Crippen molar-refractivity contribution in [2.24, 2.45) is 5.73 Å². The number of nitrogens with zero attached hydrogens (tertiary/aromatic N) is 1. The molecule has 0 heterocycles. The van der Waals surface area contributed by atoms with Crippen LogP contribution >= 0.6 is 23.2 Å². The number of primary amides is 1. The van der Waals surface area contributed by atoms with Crippen LogP contribution in [0.2, 0.25) is 10.0 Å². The highest BCUT2D eigenvalue weighted by Gasteiger charge is 2.28. The van der Waals surface area contributed by atoms with Gasteiger partial charge in [0.2, 0.25) is 11.8 Å². The van der Waals surface area contributed by atoms with Gasteiger partial charge in [0.1, 0.15) is 6.04 Å². The number of rotatable bonds is 8. The van der Waals surface area contributed by atoms with Gasteiger partial charge < -0.3 is 10.6 Å². The average molecular weight is 453 g/mol. The Hall–Kier alpha value is -3.08. The SMILES string of the molecule is NC(=O)[C@H](c1ccc(Cl)cc1)N(CCc1ccc(Cl)cc1)C(=O)/C=C/c1ccccc1. The summed E-state index contributed by atoms with van der Waals surface area (Å²) in [5, 5.41) is 1.17. The van der Waals surface area contributed by atoms with Crippen LogP contribution in [-0.4, -0.2) is 23.3 Å². The van der Waals surface area contributed by atoms with E-state index in [-0.39, 0.29) is 5.91 Å². The number of nitrogens with two attached hydrogens (primary N) is 1. The smallest absolute Gasteiger partial charge is 0.247 e. The summed E-state index contributed by atoms with van der Waals surface area (Å²) in [5.41, 5.74) is 8.22. The minimum Gasteiger partial charge on any atom is -0.368 e. The number of hydrogen-bond acceptors (Lipinski definition) is 2. The van der Waals surface area contributed by atoms with Crippen LogP contribution in [0.25, 0.3) is 6.08 Å². The van der Waals surface area contributed by atoms with Gasteiger partial charge in [-0.3, -0.25) is 9.59 Å². The highest BCUT2D eigenvalue weighted by Crippen LogP contribution is 2.24. The van der Waals surface area contributed by atoms with E-state index in [1.807, 2.05) is 42.5 Å². The molecule has 0 aliphatic heterocycles. The van der Waals surface area contributed by atoms with E-state index in [1.165, 1.54) is 11.0 Å². The Labute approximate surface area is 191 Å². The molecule has 0 unspecified atom stereocenters. The van der Waals surface area contributed by atoms with Gasteiger partial charge in [-0.05, 0) is 53.5 Å². The molecule has 3 aromatic rings. The highest BCUT2D eigenvalue weighted by molar-refractivity contribution is 6.30. The summed E-state index contributed by atoms with van der Waals surface area (Å²) < 4.78 is 0. The molecule has 31 heavy (non-hydrogen) atoms. The largest absolute Gasteiger partial charge is 0.368 e. The molecule has 0 saturated carbocycles. The van der Waals surface area contributed by atoms with Crippen LogP contribution in [0.15, 0.2) is 84.9 Å². The Morgan fingerprint density at radius 3 is 2.03 bits per heavy atom. The molecule has 0 aliphatic carbocycles. The van der Waals surface area contributed by atoms with E-state index < -0.39 is 11.9 Å². The number of carbonyl (C=O) groups is 2. The van der Waals surface area contributed by atoms with Crippen LogP contribution in [0.3, 0.4) is 0 Å². The second kappa shape index (κ2) is 10.8. The van der Waals surface area contributed by atoms with Crippen molar-refractivity contribution in [2.75, 3.05) is 6.54 Å². The van der Waals surface area contributed by atoms with Gasteiger partial charge in [0, 0.05) is 22.7 Å². The van der Waals surface area contributed by atoms with Crippen molar-refractivity contribution >= 4 is 41.1 Å². The Kier molecular flexibility index (Phi) is 7.88. The zero-order valence-corrected chi connectivity index (χ0v) is 18.3. The summed E-state index contributed by atoms with van der Waals surface area (Å²) >= 11 is 12.0. The van der Waals surface area contributed by atoms with E-state index in [4.69, 9.17) is 28.9 Å². The predicted octanol–water partition coefficient (Wildman–Crippen LogP) is 5.30. The van der Waals surface area contributed by atoms with E-state index in [9.17, 15) is 9.59 Å². The summed E-state index contributed by atoms with van der Waals surface area (Å²) in [6.07, 6.45) is 3.72. The van der Waals surface area contributed by atoms with Crippen molar-refractivity contribution < 1.29 is 9.59 Å². The van der Waals surface area contributed by atoms with Gasteiger partial charge in [0.25, 0.3) is 0 Å². The molecule has 0 aromatic heterocycles. The lowest BCUT2D eigenvalue weighted by Gasteiger charge is -2.29. The molecular formula is C25H22Cl2N2O2. The van der Waals surface area contributed by atoms with Gasteiger partial charge in [0.15, 0.2) is 0 Å². The van der Waals surface area contributed by atoms with E-state index >= 15 is 0 Å². The average Bonchev–Trinajstić information content (AvgIpc) is 2.77. The first-order valence-electron chi connectivity index (χ1n) is 9.77. The zero-order valence-electron chi connectivity index (χ0n) is 16.7. The molecule has 6 heteroatoms. The van der Waals surface area contributed by atoms with Gasteiger partial charge in [0.05, 0.1) is 0 Å². The van der Waals surface area contributed by atoms with Crippen LogP contribution in [0.1, 0.15) is 22.7 Å². The third-order valence-corrected chi connectivity index (χ3v) is 5.33. The van der Waals surface area contributed by atoms with Crippen molar-refractivity contribution in [3.8, 4) is 0 Å². The maximum Gasteiger partial charge on any atom is 0.247 e. The van der Waals surface area contributed by atoms with E-state index in [1.54, 1.807) is 42.5 Å². The summed E-state index contributed by atoms with van der Waals surface area (Å²) in [7, 11) is 0. The lowest BCUT2D eigenvalue weighted by molar-refractivity contribution is -0.135. The molecular weight excluding hydrogens is 431 g/mol. The first-order valence-corrected chi connectivity index (χ1v) is 10.5. The van der Waals surface area contributed by atoms with Gasteiger partial charge in [-0.2, -0.15) is 0 Å². The fraction of sp³-hybridized carbons (Fsp3) is 0.120. The third-order valence-electron chi connectivity index (χ3n) is 4.82. The molecule has 0 fully saturated rings. The molecule has 0 spiro atoms. The lowest BCUT2D eigenvalue weighted by atomic mass is 10.0. The van der Waals surface area contributed by atoms with Crippen LogP contribution < -0.4 is 5.73 Å². The predicted molar refractivity (Wildman–Crippen MR) is 126 cm³/mol. The third kappa shape index (κ3) is 6.45. The Balaban J connectivity index is 1.89. The zero-order chi connectivity index (χ0) is 22.2. The lowest BCUT2D eigenvalue weighted by Crippen LogP contribution is -2.42. The summed E-state index contributed by atoms with van der Waals surface area (Å²) in [6.45, 7) is 0.301. The maximum atomic E-state index is 13.2. The minimum atomic E-state index is -0.919. The summed E-state index contributed by atoms with van der Waals surface area (Å²) in [6, 6.07) is 22.7. The second-order valence-corrected chi connectivity index (χ2v) is 7.88.